The summed E-state index contributed by atoms with van der Waals surface area (Å²) in [6.45, 7) is -1.87. The summed E-state index contributed by atoms with van der Waals surface area (Å²) in [4.78, 5) is 34.6. The number of carbonyl (C=O) groups is 3. The quantitative estimate of drug-likeness (QED) is 0.437. The number of alkyl halides is 3. The highest BCUT2D eigenvalue weighted by Crippen LogP contribution is 2.44. The predicted molar refractivity (Wildman–Crippen MR) is 114 cm³/mol. The summed E-state index contributed by atoms with van der Waals surface area (Å²) in [6.07, 6.45) is -8.40. The molecule has 0 aliphatic heterocycles. The molecule has 2 aromatic rings. The fourth-order valence-corrected chi connectivity index (χ4v) is 3.81. The predicted octanol–water partition coefficient (Wildman–Crippen LogP) is 2.66. The van der Waals surface area contributed by atoms with Crippen LogP contribution in [0.2, 0.25) is 0 Å². The number of aliphatic hydroxyl groups is 1. The maximum Gasteiger partial charge on any atom is 0.407 e. The number of halogens is 3. The first-order valence-electron chi connectivity index (χ1n) is 10.4. The van der Waals surface area contributed by atoms with Gasteiger partial charge in [-0.15, -0.1) is 0 Å². The number of hydrogen-bond donors (Lipinski definition) is 4. The molecule has 182 valence electrons. The summed E-state index contributed by atoms with van der Waals surface area (Å²) in [6, 6.07) is 15.1. The van der Waals surface area contributed by atoms with Gasteiger partial charge in [-0.25, -0.2) is 4.79 Å². The van der Waals surface area contributed by atoms with Gasteiger partial charge in [0.2, 0.25) is 5.91 Å². The highest BCUT2D eigenvalue weighted by molar-refractivity contribution is 5.81. The number of aliphatic hydroxyl groups excluding tert-OH is 1. The van der Waals surface area contributed by atoms with Gasteiger partial charge < -0.3 is 25.6 Å². The van der Waals surface area contributed by atoms with E-state index < -0.39 is 55.7 Å². The van der Waals surface area contributed by atoms with Crippen LogP contribution in [0.4, 0.5) is 18.0 Å². The summed E-state index contributed by atoms with van der Waals surface area (Å²) < 4.78 is 45.1. The number of amides is 2. The van der Waals surface area contributed by atoms with Crippen LogP contribution in [0.1, 0.15) is 23.5 Å². The zero-order valence-electron chi connectivity index (χ0n) is 17.8. The van der Waals surface area contributed by atoms with Gasteiger partial charge in [0.1, 0.15) is 6.61 Å². The third-order valence-corrected chi connectivity index (χ3v) is 5.43. The van der Waals surface area contributed by atoms with E-state index in [0.29, 0.717) is 0 Å². The first-order chi connectivity index (χ1) is 16.1. The van der Waals surface area contributed by atoms with Crippen LogP contribution in [0.25, 0.3) is 11.1 Å². The van der Waals surface area contributed by atoms with Crippen LogP contribution in [0.15, 0.2) is 48.5 Å². The van der Waals surface area contributed by atoms with E-state index in [-0.39, 0.29) is 12.5 Å². The van der Waals surface area contributed by atoms with Crippen molar-refractivity contribution in [1.29, 1.82) is 0 Å². The average molecular weight is 480 g/mol. The number of ether oxygens (including phenoxy) is 1. The number of fused-ring (bicyclic) bond motifs is 3. The fraction of sp³-hybridized carbons (Fsp3) is 0.348. The maximum absolute atomic E-state index is 13.3. The number of nitrogens with one attached hydrogen (secondary N) is 2. The number of benzene rings is 2. The van der Waals surface area contributed by atoms with Gasteiger partial charge in [-0.1, -0.05) is 48.5 Å². The van der Waals surface area contributed by atoms with E-state index in [1.807, 2.05) is 59.2 Å². The monoisotopic (exact) mass is 480 g/mol. The van der Waals surface area contributed by atoms with Crippen LogP contribution >= 0.6 is 0 Å². The molecule has 1 aliphatic rings. The zero-order chi connectivity index (χ0) is 24.9. The van der Waals surface area contributed by atoms with Crippen LogP contribution in [0.3, 0.4) is 0 Å². The third kappa shape index (κ3) is 6.04. The topological polar surface area (TPSA) is 125 Å². The summed E-state index contributed by atoms with van der Waals surface area (Å²) in [5.74, 6) is -5.76. The number of carboxylic acids is 1. The molecule has 0 heterocycles. The molecule has 0 radical (unpaired) electrons. The average Bonchev–Trinajstić information content (AvgIpc) is 3.09. The van der Waals surface area contributed by atoms with E-state index in [0.717, 1.165) is 22.3 Å². The second-order valence-electron chi connectivity index (χ2n) is 7.80. The Morgan fingerprint density at radius 3 is 2.03 bits per heavy atom. The van der Waals surface area contributed by atoms with E-state index in [1.165, 1.54) is 0 Å². The van der Waals surface area contributed by atoms with Crippen molar-refractivity contribution in [1.82, 2.24) is 10.6 Å². The Balaban J connectivity index is 1.56. The smallest absolute Gasteiger partial charge is 0.407 e. The van der Waals surface area contributed by atoms with Crippen molar-refractivity contribution in [2.75, 3.05) is 19.7 Å². The summed E-state index contributed by atoms with van der Waals surface area (Å²) in [5.41, 5.74) is 3.85. The van der Waals surface area contributed by atoms with Crippen molar-refractivity contribution in [2.24, 2.45) is 5.92 Å². The van der Waals surface area contributed by atoms with Crippen LogP contribution in [0.5, 0.6) is 0 Å². The summed E-state index contributed by atoms with van der Waals surface area (Å²) in [7, 11) is 0. The molecular weight excluding hydrogens is 457 g/mol. The molecule has 0 fully saturated rings. The molecule has 1 aliphatic carbocycles. The summed E-state index contributed by atoms with van der Waals surface area (Å²) >= 11 is 0. The molecule has 3 rings (SSSR count). The van der Waals surface area contributed by atoms with E-state index in [4.69, 9.17) is 9.84 Å². The standard InChI is InChI=1S/C23H23F3N2O6/c24-23(25,26)19(21(32)27-10-13(29)9-20(30)31)11-28-22(33)34-12-18-16-7-3-1-5-14(16)15-6-2-4-8-17(15)18/h1-8,13,18-19,29H,9-12H2,(H,27,32)(H,28,33)(H,30,31). The number of aliphatic carboxylic acids is 1. The molecule has 0 bridgehead atoms. The van der Waals surface area contributed by atoms with Crippen LogP contribution in [-0.2, 0) is 14.3 Å². The normalized spacial score (nSPS) is 14.5. The number of hydrogen-bond acceptors (Lipinski definition) is 5. The highest BCUT2D eigenvalue weighted by Gasteiger charge is 2.45. The molecular formula is C23H23F3N2O6. The maximum atomic E-state index is 13.3. The second kappa shape index (κ2) is 10.6. The molecule has 0 saturated carbocycles. The van der Waals surface area contributed by atoms with Gasteiger partial charge in [-0.05, 0) is 22.3 Å². The molecule has 8 nitrogen and oxygen atoms in total. The molecule has 2 aromatic carbocycles. The van der Waals surface area contributed by atoms with Crippen LogP contribution in [0, 0.1) is 5.92 Å². The van der Waals surface area contributed by atoms with E-state index in [1.54, 1.807) is 0 Å². The van der Waals surface area contributed by atoms with Crippen LogP contribution < -0.4 is 10.6 Å². The molecule has 11 heteroatoms. The van der Waals surface area contributed by atoms with Gasteiger partial charge in [-0.3, -0.25) is 9.59 Å². The van der Waals surface area contributed by atoms with Gasteiger partial charge in [0, 0.05) is 19.0 Å². The van der Waals surface area contributed by atoms with Crippen molar-refractivity contribution in [3.8, 4) is 11.1 Å². The van der Waals surface area contributed by atoms with Crippen molar-refractivity contribution >= 4 is 18.0 Å². The lowest BCUT2D eigenvalue weighted by atomic mass is 9.98. The van der Waals surface area contributed by atoms with E-state index >= 15 is 0 Å². The first-order valence-corrected chi connectivity index (χ1v) is 10.4. The first kappa shape index (κ1) is 25.0. The Bertz CT molecular complexity index is 1010. The molecule has 2 atom stereocenters. The largest absolute Gasteiger partial charge is 0.481 e. The second-order valence-corrected chi connectivity index (χ2v) is 7.80. The van der Waals surface area contributed by atoms with Crippen molar-refractivity contribution in [2.45, 2.75) is 24.6 Å². The third-order valence-electron chi connectivity index (χ3n) is 5.43. The Kier molecular flexibility index (Phi) is 7.77. The molecule has 0 aromatic heterocycles. The molecule has 34 heavy (non-hydrogen) atoms. The van der Waals surface area contributed by atoms with E-state index in [2.05, 4.69) is 0 Å². The van der Waals surface area contributed by atoms with Crippen molar-refractivity contribution in [3.63, 3.8) is 0 Å². The number of carbonyl (C=O) groups excluding carboxylic acids is 2. The Morgan fingerprint density at radius 2 is 1.50 bits per heavy atom. The molecule has 4 N–H and O–H groups in total. The number of alkyl carbamates (subject to hydrolysis) is 1. The molecule has 0 saturated heterocycles. The lowest BCUT2D eigenvalue weighted by molar-refractivity contribution is -0.181. The number of carboxylic acid groups (broad SMARTS) is 1. The highest BCUT2D eigenvalue weighted by atomic mass is 19.4. The van der Waals surface area contributed by atoms with Gasteiger partial charge in [-0.2, -0.15) is 13.2 Å². The molecule has 2 unspecified atom stereocenters. The van der Waals surface area contributed by atoms with Crippen molar-refractivity contribution < 1.29 is 42.5 Å². The summed E-state index contributed by atoms with van der Waals surface area (Å²) in [5, 5.41) is 21.8. The Labute approximate surface area is 192 Å². The fourth-order valence-electron chi connectivity index (χ4n) is 3.81. The number of rotatable bonds is 9. The van der Waals surface area contributed by atoms with Gasteiger partial charge in [0.05, 0.1) is 12.5 Å². The SMILES string of the molecule is O=C(O)CC(O)CNC(=O)C(CNC(=O)OCC1c2ccccc2-c2ccccc21)C(F)(F)F. The Morgan fingerprint density at radius 1 is 0.941 bits per heavy atom. The minimum Gasteiger partial charge on any atom is -0.481 e. The lowest BCUT2D eigenvalue weighted by Crippen LogP contribution is -2.48. The minimum absolute atomic E-state index is 0.107. The minimum atomic E-state index is -4.99. The van der Waals surface area contributed by atoms with Gasteiger partial charge in [0.25, 0.3) is 0 Å². The molecule has 0 spiro atoms. The Hall–Kier alpha value is -3.60. The van der Waals surface area contributed by atoms with E-state index in [9.17, 15) is 32.7 Å². The lowest BCUT2D eigenvalue weighted by Gasteiger charge is -2.21. The van der Waals surface area contributed by atoms with Crippen molar-refractivity contribution in [3.05, 3.63) is 59.7 Å². The molecule has 2 amide bonds. The van der Waals surface area contributed by atoms with Crippen LogP contribution in [-0.4, -0.2) is 60.2 Å². The van der Waals surface area contributed by atoms with Gasteiger partial charge >= 0.3 is 18.2 Å². The van der Waals surface area contributed by atoms with Gasteiger partial charge in [0.15, 0.2) is 5.92 Å². The zero-order valence-corrected chi connectivity index (χ0v) is 17.8.